The van der Waals surface area contributed by atoms with E-state index in [2.05, 4.69) is 28.8 Å². The van der Waals surface area contributed by atoms with Crippen molar-refractivity contribution >= 4 is 28.9 Å². The molecule has 3 rings (SSSR count). The topological polar surface area (TPSA) is 50.4 Å². The number of aryl methyl sites for hydroxylation is 2. The van der Waals surface area contributed by atoms with E-state index in [9.17, 15) is 4.79 Å². The lowest BCUT2D eigenvalue weighted by molar-refractivity contribution is 0.0974. The molecule has 0 atom stereocenters. The van der Waals surface area contributed by atoms with Crippen molar-refractivity contribution in [3.63, 3.8) is 0 Å². The Bertz CT molecular complexity index is 983. The molecule has 0 fully saturated rings. The SMILES string of the molecule is Cc1cc(C)cc(NC(=S)NC(=O)c2ccccc2OCCc2ccccc2)c1. The highest BCUT2D eigenvalue weighted by Crippen LogP contribution is 2.19. The Kier molecular flexibility index (Phi) is 6.98. The van der Waals surface area contributed by atoms with Crippen LogP contribution in [0.15, 0.2) is 72.8 Å². The van der Waals surface area contributed by atoms with Gasteiger partial charge in [0.2, 0.25) is 0 Å². The van der Waals surface area contributed by atoms with Crippen molar-refractivity contribution in [3.05, 3.63) is 95.1 Å². The van der Waals surface area contributed by atoms with E-state index >= 15 is 0 Å². The molecule has 148 valence electrons. The first-order valence-electron chi connectivity index (χ1n) is 9.47. The molecule has 0 aromatic heterocycles. The minimum atomic E-state index is -0.304. The summed E-state index contributed by atoms with van der Waals surface area (Å²) in [6.45, 7) is 4.52. The van der Waals surface area contributed by atoms with Gasteiger partial charge in [0.05, 0.1) is 12.2 Å². The first-order chi connectivity index (χ1) is 14.0. The van der Waals surface area contributed by atoms with Gasteiger partial charge >= 0.3 is 0 Å². The van der Waals surface area contributed by atoms with Crippen molar-refractivity contribution in [1.29, 1.82) is 0 Å². The molecule has 1 amide bonds. The largest absolute Gasteiger partial charge is 0.492 e. The molecule has 0 aliphatic rings. The molecule has 0 saturated carbocycles. The molecule has 3 aromatic rings. The van der Waals surface area contributed by atoms with Crippen molar-refractivity contribution in [2.45, 2.75) is 20.3 Å². The van der Waals surface area contributed by atoms with Crippen LogP contribution >= 0.6 is 12.2 Å². The van der Waals surface area contributed by atoms with Gasteiger partial charge in [0, 0.05) is 12.1 Å². The highest BCUT2D eigenvalue weighted by molar-refractivity contribution is 7.80. The second-order valence-electron chi connectivity index (χ2n) is 6.86. The molecule has 3 aromatic carbocycles. The molecular formula is C24H24N2O2S. The second-order valence-corrected chi connectivity index (χ2v) is 7.27. The molecule has 0 aliphatic heterocycles. The lowest BCUT2D eigenvalue weighted by atomic mass is 10.1. The second kappa shape index (κ2) is 9.85. The monoisotopic (exact) mass is 404 g/mol. The van der Waals surface area contributed by atoms with E-state index in [0.717, 1.165) is 23.2 Å². The van der Waals surface area contributed by atoms with Crippen LogP contribution in [0.3, 0.4) is 0 Å². The minimum Gasteiger partial charge on any atom is -0.492 e. The van der Waals surface area contributed by atoms with Crippen LogP contribution in [0.1, 0.15) is 27.0 Å². The number of carbonyl (C=O) groups is 1. The Morgan fingerprint density at radius 2 is 1.59 bits per heavy atom. The number of hydrogen-bond acceptors (Lipinski definition) is 3. The number of benzene rings is 3. The van der Waals surface area contributed by atoms with Gasteiger partial charge in [-0.2, -0.15) is 0 Å². The molecule has 0 spiro atoms. The summed E-state index contributed by atoms with van der Waals surface area (Å²) in [7, 11) is 0. The summed E-state index contributed by atoms with van der Waals surface area (Å²) < 4.78 is 5.87. The van der Waals surface area contributed by atoms with E-state index in [1.54, 1.807) is 18.2 Å². The summed E-state index contributed by atoms with van der Waals surface area (Å²) in [4.78, 5) is 12.7. The summed E-state index contributed by atoms with van der Waals surface area (Å²) in [6, 6.07) is 23.3. The maximum atomic E-state index is 12.7. The van der Waals surface area contributed by atoms with Crippen LogP contribution in [0.25, 0.3) is 0 Å². The van der Waals surface area contributed by atoms with Crippen LogP contribution in [0.2, 0.25) is 0 Å². The molecule has 0 bridgehead atoms. The summed E-state index contributed by atoms with van der Waals surface area (Å²) >= 11 is 5.31. The summed E-state index contributed by atoms with van der Waals surface area (Å²) in [5, 5.41) is 6.05. The van der Waals surface area contributed by atoms with E-state index in [0.29, 0.717) is 17.9 Å². The van der Waals surface area contributed by atoms with Crippen LogP contribution in [-0.4, -0.2) is 17.6 Å². The number of para-hydroxylation sites is 1. The number of ether oxygens (including phenoxy) is 1. The molecule has 0 radical (unpaired) electrons. The van der Waals surface area contributed by atoms with Crippen molar-refractivity contribution in [2.75, 3.05) is 11.9 Å². The van der Waals surface area contributed by atoms with Crippen LogP contribution in [0.5, 0.6) is 5.75 Å². The van der Waals surface area contributed by atoms with Crippen molar-refractivity contribution < 1.29 is 9.53 Å². The standard InChI is InChI=1S/C24H24N2O2S/c1-17-14-18(2)16-20(15-17)25-24(29)26-23(27)21-10-6-7-11-22(21)28-13-12-19-8-4-3-5-9-19/h3-11,14-16H,12-13H2,1-2H3,(H2,25,26,27,29). The van der Waals surface area contributed by atoms with E-state index in [1.165, 1.54) is 5.56 Å². The summed E-state index contributed by atoms with van der Waals surface area (Å²) in [6.07, 6.45) is 0.767. The molecule has 29 heavy (non-hydrogen) atoms. The van der Waals surface area contributed by atoms with Gasteiger partial charge in [-0.3, -0.25) is 10.1 Å². The number of carbonyl (C=O) groups excluding carboxylic acids is 1. The van der Waals surface area contributed by atoms with E-state index in [-0.39, 0.29) is 11.0 Å². The normalized spacial score (nSPS) is 10.3. The first-order valence-corrected chi connectivity index (χ1v) is 9.88. The fourth-order valence-corrected chi connectivity index (χ4v) is 3.29. The lowest BCUT2D eigenvalue weighted by Gasteiger charge is -2.14. The number of anilines is 1. The van der Waals surface area contributed by atoms with Gasteiger partial charge in [0.15, 0.2) is 5.11 Å². The number of thiocarbonyl (C=S) groups is 1. The van der Waals surface area contributed by atoms with E-state index < -0.39 is 0 Å². The predicted octanol–water partition coefficient (Wildman–Crippen LogP) is 5.05. The Morgan fingerprint density at radius 3 is 2.31 bits per heavy atom. The zero-order chi connectivity index (χ0) is 20.6. The molecule has 4 nitrogen and oxygen atoms in total. The van der Waals surface area contributed by atoms with Crippen molar-refractivity contribution in [3.8, 4) is 5.75 Å². The van der Waals surface area contributed by atoms with Crippen LogP contribution in [0.4, 0.5) is 5.69 Å². The summed E-state index contributed by atoms with van der Waals surface area (Å²) in [5.74, 6) is 0.234. The van der Waals surface area contributed by atoms with E-state index in [4.69, 9.17) is 17.0 Å². The number of amides is 1. The van der Waals surface area contributed by atoms with Gasteiger partial charge in [-0.05, 0) is 67.0 Å². The molecule has 0 unspecified atom stereocenters. The molecule has 0 heterocycles. The molecular weight excluding hydrogens is 380 g/mol. The first kappa shape index (κ1) is 20.6. The average molecular weight is 405 g/mol. The molecule has 0 saturated heterocycles. The van der Waals surface area contributed by atoms with Gasteiger partial charge in [-0.25, -0.2) is 0 Å². The number of rotatable bonds is 6. The number of nitrogens with one attached hydrogen (secondary N) is 2. The Hall–Kier alpha value is -3.18. The third kappa shape index (κ3) is 6.16. The van der Waals surface area contributed by atoms with Gasteiger partial charge in [0.25, 0.3) is 5.91 Å². The molecule has 5 heteroatoms. The third-order valence-corrected chi connectivity index (χ3v) is 4.53. The fraction of sp³-hybridized carbons (Fsp3) is 0.167. The van der Waals surface area contributed by atoms with Gasteiger partial charge < -0.3 is 10.1 Å². The smallest absolute Gasteiger partial charge is 0.261 e. The van der Waals surface area contributed by atoms with Crippen LogP contribution < -0.4 is 15.4 Å². The van der Waals surface area contributed by atoms with Crippen LogP contribution in [-0.2, 0) is 6.42 Å². The quantitative estimate of drug-likeness (QED) is 0.565. The van der Waals surface area contributed by atoms with Gasteiger partial charge in [-0.1, -0.05) is 48.5 Å². The Morgan fingerprint density at radius 1 is 0.931 bits per heavy atom. The zero-order valence-electron chi connectivity index (χ0n) is 16.6. The fourth-order valence-electron chi connectivity index (χ4n) is 3.08. The van der Waals surface area contributed by atoms with Gasteiger partial charge in [0.1, 0.15) is 5.75 Å². The summed E-state index contributed by atoms with van der Waals surface area (Å²) in [5.41, 5.74) is 4.73. The van der Waals surface area contributed by atoms with Crippen LogP contribution in [0, 0.1) is 13.8 Å². The van der Waals surface area contributed by atoms with Crippen molar-refractivity contribution in [1.82, 2.24) is 5.32 Å². The number of hydrogen-bond donors (Lipinski definition) is 2. The molecule has 0 aliphatic carbocycles. The third-order valence-electron chi connectivity index (χ3n) is 4.33. The Balaban J connectivity index is 1.60. The maximum absolute atomic E-state index is 12.7. The highest BCUT2D eigenvalue weighted by Gasteiger charge is 2.14. The molecule has 2 N–H and O–H groups in total. The minimum absolute atomic E-state index is 0.249. The lowest BCUT2D eigenvalue weighted by Crippen LogP contribution is -2.34. The van der Waals surface area contributed by atoms with E-state index in [1.807, 2.05) is 50.2 Å². The highest BCUT2D eigenvalue weighted by atomic mass is 32.1. The van der Waals surface area contributed by atoms with Gasteiger partial charge in [-0.15, -0.1) is 0 Å². The predicted molar refractivity (Wildman–Crippen MR) is 122 cm³/mol. The average Bonchev–Trinajstić information content (AvgIpc) is 2.68. The van der Waals surface area contributed by atoms with Crippen molar-refractivity contribution in [2.24, 2.45) is 0 Å². The maximum Gasteiger partial charge on any atom is 0.261 e. The zero-order valence-corrected chi connectivity index (χ0v) is 17.4. The Labute approximate surface area is 176 Å².